The molecule has 0 aromatic heterocycles. The van der Waals surface area contributed by atoms with Crippen LogP contribution in [0.4, 0.5) is 5.69 Å². The molecule has 0 radical (unpaired) electrons. The van der Waals surface area contributed by atoms with Gasteiger partial charge < -0.3 is 15.8 Å². The zero-order chi connectivity index (χ0) is 18.6. The molecule has 2 aromatic carbocycles. The summed E-state index contributed by atoms with van der Waals surface area (Å²) in [4.78, 5) is 23.6. The van der Waals surface area contributed by atoms with Crippen LogP contribution in [0.2, 0.25) is 5.02 Å². The molecule has 0 heterocycles. The van der Waals surface area contributed by atoms with E-state index in [1.54, 1.807) is 24.3 Å². The summed E-state index contributed by atoms with van der Waals surface area (Å²) in [6, 6.07) is 14.6. The first kappa shape index (κ1) is 18.3. The van der Waals surface area contributed by atoms with Gasteiger partial charge in [0.2, 0.25) is 11.8 Å². The Morgan fingerprint density at radius 3 is 2.27 bits per heavy atom. The zero-order valence-corrected chi connectivity index (χ0v) is 15.1. The van der Waals surface area contributed by atoms with Gasteiger partial charge in [0.05, 0.1) is 18.4 Å². The molecule has 2 aromatic rings. The Kier molecular flexibility index (Phi) is 5.47. The molecule has 1 aliphatic rings. The van der Waals surface area contributed by atoms with E-state index in [1.807, 2.05) is 24.3 Å². The van der Waals surface area contributed by atoms with Crippen LogP contribution < -0.4 is 15.8 Å². The van der Waals surface area contributed by atoms with Gasteiger partial charge in [-0.25, -0.2) is 0 Å². The fourth-order valence-electron chi connectivity index (χ4n) is 3.10. The summed E-state index contributed by atoms with van der Waals surface area (Å²) in [5, 5.41) is 3.66. The Hall–Kier alpha value is -2.53. The largest absolute Gasteiger partial charge is 0.493 e. The summed E-state index contributed by atoms with van der Waals surface area (Å²) in [7, 11) is 0. The predicted molar refractivity (Wildman–Crippen MR) is 101 cm³/mol. The van der Waals surface area contributed by atoms with Crippen LogP contribution in [0.1, 0.15) is 31.2 Å². The van der Waals surface area contributed by atoms with Gasteiger partial charge in [0.15, 0.2) is 0 Å². The van der Waals surface area contributed by atoms with E-state index in [4.69, 9.17) is 22.1 Å². The van der Waals surface area contributed by atoms with Crippen LogP contribution in [-0.2, 0) is 15.0 Å². The number of anilines is 1. The first-order valence-corrected chi connectivity index (χ1v) is 8.96. The van der Waals surface area contributed by atoms with Crippen molar-refractivity contribution in [2.45, 2.75) is 31.1 Å². The number of nitrogens with one attached hydrogen (secondary N) is 1. The molecule has 0 bridgehead atoms. The lowest BCUT2D eigenvalue weighted by Gasteiger charge is -2.40. The third-order valence-corrected chi connectivity index (χ3v) is 5.02. The molecule has 0 unspecified atom stereocenters. The smallest absolute Gasteiger partial charge is 0.235 e. The summed E-state index contributed by atoms with van der Waals surface area (Å²) in [5.74, 6) is 0.218. The fraction of sp³-hybridized carbons (Fsp3) is 0.300. The lowest BCUT2D eigenvalue weighted by Crippen LogP contribution is -2.45. The molecule has 3 N–H and O–H groups in total. The zero-order valence-electron chi connectivity index (χ0n) is 14.3. The van der Waals surface area contributed by atoms with Crippen molar-refractivity contribution >= 4 is 29.1 Å². The molecule has 1 saturated carbocycles. The maximum atomic E-state index is 12.9. The predicted octanol–water partition coefficient (Wildman–Crippen LogP) is 3.65. The number of hydrogen-bond donors (Lipinski definition) is 2. The number of nitrogens with two attached hydrogens (primary N) is 1. The number of hydrogen-bond acceptors (Lipinski definition) is 3. The number of benzene rings is 2. The first-order valence-electron chi connectivity index (χ1n) is 8.58. The monoisotopic (exact) mass is 372 g/mol. The van der Waals surface area contributed by atoms with E-state index in [1.165, 1.54) is 0 Å². The van der Waals surface area contributed by atoms with E-state index >= 15 is 0 Å². The van der Waals surface area contributed by atoms with Crippen molar-refractivity contribution in [1.82, 2.24) is 0 Å². The van der Waals surface area contributed by atoms with Crippen LogP contribution in [-0.4, -0.2) is 18.4 Å². The normalized spacial score (nSPS) is 15.0. The third-order valence-electron chi connectivity index (χ3n) is 4.77. The third kappa shape index (κ3) is 3.99. The molecular formula is C20H21ClN2O3. The van der Waals surface area contributed by atoms with Gasteiger partial charge in [0.25, 0.3) is 0 Å². The molecule has 0 atom stereocenters. The van der Waals surface area contributed by atoms with Crippen molar-refractivity contribution in [1.29, 1.82) is 0 Å². The van der Waals surface area contributed by atoms with Gasteiger partial charge in [-0.15, -0.1) is 0 Å². The molecule has 0 spiro atoms. The molecule has 1 aliphatic carbocycles. The Bertz CT molecular complexity index is 784. The summed E-state index contributed by atoms with van der Waals surface area (Å²) < 4.78 is 5.43. The second-order valence-corrected chi connectivity index (χ2v) is 6.92. The maximum absolute atomic E-state index is 12.9. The van der Waals surface area contributed by atoms with Gasteiger partial charge in [-0.05, 0) is 54.8 Å². The minimum atomic E-state index is -0.485. The average molecular weight is 373 g/mol. The minimum absolute atomic E-state index is 0.00605. The first-order chi connectivity index (χ1) is 12.5. The number of carbonyl (C=O) groups is 2. The molecule has 0 saturated heterocycles. The number of carbonyl (C=O) groups excluding carboxylic acids is 2. The average Bonchev–Trinajstić information content (AvgIpc) is 2.57. The topological polar surface area (TPSA) is 81.4 Å². The van der Waals surface area contributed by atoms with Gasteiger partial charge in [0, 0.05) is 10.7 Å². The van der Waals surface area contributed by atoms with Crippen molar-refractivity contribution < 1.29 is 14.3 Å². The number of rotatable bonds is 7. The minimum Gasteiger partial charge on any atom is -0.493 e. The number of amides is 2. The highest BCUT2D eigenvalue weighted by Crippen LogP contribution is 2.44. The second kappa shape index (κ2) is 7.79. The number of ether oxygens (including phenoxy) is 1. The molecule has 136 valence electrons. The van der Waals surface area contributed by atoms with Gasteiger partial charge in [-0.2, -0.15) is 0 Å². The van der Waals surface area contributed by atoms with E-state index in [2.05, 4.69) is 5.32 Å². The summed E-state index contributed by atoms with van der Waals surface area (Å²) in [6.45, 7) is 0.237. The molecule has 2 amide bonds. The van der Waals surface area contributed by atoms with E-state index in [0.29, 0.717) is 16.5 Å². The lowest BCUT2D eigenvalue weighted by atomic mass is 9.64. The highest BCUT2D eigenvalue weighted by molar-refractivity contribution is 6.30. The number of primary amides is 1. The van der Waals surface area contributed by atoms with Crippen molar-refractivity contribution in [3.8, 4) is 5.75 Å². The second-order valence-electron chi connectivity index (χ2n) is 6.49. The van der Waals surface area contributed by atoms with Crippen LogP contribution in [0.3, 0.4) is 0 Å². The Morgan fingerprint density at radius 1 is 1.08 bits per heavy atom. The molecule has 1 fully saturated rings. The summed E-state index contributed by atoms with van der Waals surface area (Å²) >= 11 is 5.96. The van der Waals surface area contributed by atoms with Crippen molar-refractivity contribution in [3.63, 3.8) is 0 Å². The van der Waals surface area contributed by atoms with Crippen LogP contribution in [0.5, 0.6) is 5.75 Å². The van der Waals surface area contributed by atoms with E-state index < -0.39 is 11.3 Å². The van der Waals surface area contributed by atoms with Crippen molar-refractivity contribution in [2.24, 2.45) is 5.73 Å². The fourth-order valence-corrected chi connectivity index (χ4v) is 3.23. The van der Waals surface area contributed by atoms with Crippen LogP contribution >= 0.6 is 11.6 Å². The molecule has 3 rings (SSSR count). The Balaban J connectivity index is 1.65. The van der Waals surface area contributed by atoms with Crippen molar-refractivity contribution in [2.75, 3.05) is 11.9 Å². The van der Waals surface area contributed by atoms with Crippen molar-refractivity contribution in [3.05, 3.63) is 59.1 Å². The summed E-state index contributed by atoms with van der Waals surface area (Å²) in [6.07, 6.45) is 2.86. The maximum Gasteiger partial charge on any atom is 0.235 e. The quantitative estimate of drug-likeness (QED) is 0.778. The van der Waals surface area contributed by atoms with Crippen LogP contribution in [0, 0.1) is 0 Å². The molecule has 5 nitrogen and oxygen atoms in total. The Labute approximate surface area is 157 Å². The molecule has 0 aliphatic heterocycles. The van der Waals surface area contributed by atoms with Gasteiger partial charge in [0.1, 0.15) is 5.75 Å². The highest BCUT2D eigenvalue weighted by Gasteiger charge is 2.45. The van der Waals surface area contributed by atoms with Gasteiger partial charge >= 0.3 is 0 Å². The van der Waals surface area contributed by atoms with Gasteiger partial charge in [-0.1, -0.05) is 30.2 Å². The van der Waals surface area contributed by atoms with Crippen LogP contribution in [0.15, 0.2) is 48.5 Å². The molecular weight excluding hydrogens is 352 g/mol. The molecule has 26 heavy (non-hydrogen) atoms. The lowest BCUT2D eigenvalue weighted by molar-refractivity contribution is -0.124. The highest BCUT2D eigenvalue weighted by atomic mass is 35.5. The van der Waals surface area contributed by atoms with E-state index in [9.17, 15) is 9.59 Å². The Morgan fingerprint density at radius 2 is 1.73 bits per heavy atom. The van der Waals surface area contributed by atoms with Crippen LogP contribution in [0.25, 0.3) is 0 Å². The SMILES string of the molecule is NC(=O)CCOc1ccc(NC(=O)C2(c3ccc(Cl)cc3)CCC2)cc1. The summed E-state index contributed by atoms with van der Waals surface area (Å²) in [5.41, 5.74) is 6.30. The molecule has 6 heteroatoms. The standard InChI is InChI=1S/C20H21ClN2O3/c21-15-4-2-14(3-5-15)20(11-1-12-20)19(25)23-16-6-8-17(9-7-16)26-13-10-18(22)24/h2-9H,1,10-13H2,(H2,22,24)(H,23,25). The number of halogens is 1. The van der Waals surface area contributed by atoms with E-state index in [0.717, 1.165) is 24.8 Å². The van der Waals surface area contributed by atoms with E-state index in [-0.39, 0.29) is 18.9 Å². The van der Waals surface area contributed by atoms with Gasteiger partial charge in [-0.3, -0.25) is 9.59 Å².